The van der Waals surface area contributed by atoms with Crippen molar-refractivity contribution in [2.24, 2.45) is 11.8 Å². The van der Waals surface area contributed by atoms with E-state index < -0.39 is 0 Å². The third kappa shape index (κ3) is 4.44. The first-order chi connectivity index (χ1) is 7.27. The van der Waals surface area contributed by atoms with E-state index in [4.69, 9.17) is 10.00 Å². The Bertz CT molecular complexity index is 214. The quantitative estimate of drug-likeness (QED) is 0.677. The molecule has 0 radical (unpaired) electrons. The number of hydrogen-bond acceptors (Lipinski definition) is 3. The minimum atomic E-state index is 0.286. The second kappa shape index (κ2) is 7.14. The van der Waals surface area contributed by atoms with Gasteiger partial charge in [-0.05, 0) is 37.4 Å². The lowest BCUT2D eigenvalue weighted by atomic mass is 9.83. The van der Waals surface area contributed by atoms with Gasteiger partial charge in [0, 0.05) is 19.0 Å². The number of ether oxygens (including phenoxy) is 1. The summed E-state index contributed by atoms with van der Waals surface area (Å²) in [5.74, 6) is 2.21. The molecule has 1 rings (SSSR count). The summed E-state index contributed by atoms with van der Waals surface area (Å²) in [6, 6.07) is 2.46. The van der Waals surface area contributed by atoms with Crippen LogP contribution in [0.2, 0.25) is 0 Å². The summed E-state index contributed by atoms with van der Waals surface area (Å²) in [5, 5.41) is 9.63. The van der Waals surface area contributed by atoms with Crippen LogP contribution in [0.15, 0.2) is 0 Å². The lowest BCUT2D eigenvalue weighted by Crippen LogP contribution is -2.25. The zero-order valence-electron chi connectivity index (χ0n) is 9.74. The van der Waals surface area contributed by atoms with Crippen LogP contribution < -0.4 is 0 Å². The van der Waals surface area contributed by atoms with Gasteiger partial charge in [0.1, 0.15) is 0 Å². The normalized spacial score (nSPS) is 31.1. The predicted octanol–water partition coefficient (Wildman–Crippen LogP) is 3.08. The van der Waals surface area contributed by atoms with Crippen LogP contribution in [-0.4, -0.2) is 24.7 Å². The van der Waals surface area contributed by atoms with E-state index in [9.17, 15) is 0 Å². The Morgan fingerprint density at radius 1 is 1.47 bits per heavy atom. The van der Waals surface area contributed by atoms with Crippen molar-refractivity contribution >= 4 is 11.8 Å². The van der Waals surface area contributed by atoms with Gasteiger partial charge in [-0.25, -0.2) is 0 Å². The third-order valence-electron chi connectivity index (χ3n) is 3.04. The van der Waals surface area contributed by atoms with E-state index >= 15 is 0 Å². The summed E-state index contributed by atoms with van der Waals surface area (Å²) in [7, 11) is 1.74. The van der Waals surface area contributed by atoms with Crippen molar-refractivity contribution in [1.82, 2.24) is 0 Å². The Hall–Kier alpha value is -0.200. The molecule has 0 spiro atoms. The Labute approximate surface area is 97.4 Å². The Morgan fingerprint density at radius 3 is 2.93 bits per heavy atom. The van der Waals surface area contributed by atoms with Gasteiger partial charge in [0.15, 0.2) is 0 Å². The molecule has 1 aliphatic rings. The van der Waals surface area contributed by atoms with Gasteiger partial charge in [-0.3, -0.25) is 0 Å². The van der Waals surface area contributed by atoms with Gasteiger partial charge in [-0.1, -0.05) is 6.92 Å². The molecule has 86 valence electrons. The SMILES string of the molecule is COCCCSC1CC(C)CCC1C#N. The van der Waals surface area contributed by atoms with E-state index in [-0.39, 0.29) is 5.92 Å². The monoisotopic (exact) mass is 227 g/mol. The maximum absolute atomic E-state index is 9.06. The minimum absolute atomic E-state index is 0.286. The van der Waals surface area contributed by atoms with Crippen LogP contribution in [-0.2, 0) is 4.74 Å². The summed E-state index contributed by atoms with van der Waals surface area (Å²) in [6.45, 7) is 3.14. The minimum Gasteiger partial charge on any atom is -0.385 e. The fourth-order valence-electron chi connectivity index (χ4n) is 2.10. The van der Waals surface area contributed by atoms with E-state index in [1.165, 1.54) is 12.8 Å². The van der Waals surface area contributed by atoms with Gasteiger partial charge in [-0.2, -0.15) is 17.0 Å². The average molecular weight is 227 g/mol. The number of methoxy groups -OCH3 is 1. The second-order valence-electron chi connectivity index (χ2n) is 4.41. The van der Waals surface area contributed by atoms with Gasteiger partial charge in [0.05, 0.1) is 12.0 Å². The van der Waals surface area contributed by atoms with Gasteiger partial charge in [-0.15, -0.1) is 0 Å². The number of thioether (sulfide) groups is 1. The van der Waals surface area contributed by atoms with E-state index in [2.05, 4.69) is 13.0 Å². The standard InChI is InChI=1S/C12H21NOS/c1-10-4-5-11(9-13)12(8-10)15-7-3-6-14-2/h10-12H,3-8H2,1-2H3. The number of nitrogens with zero attached hydrogens (tertiary/aromatic N) is 1. The van der Waals surface area contributed by atoms with Crippen molar-refractivity contribution in [2.75, 3.05) is 19.5 Å². The van der Waals surface area contributed by atoms with Crippen LogP contribution in [0.3, 0.4) is 0 Å². The molecule has 1 saturated carbocycles. The summed E-state index contributed by atoms with van der Waals surface area (Å²) in [4.78, 5) is 0. The van der Waals surface area contributed by atoms with Crippen LogP contribution in [0.4, 0.5) is 0 Å². The Kier molecular flexibility index (Phi) is 6.12. The molecule has 1 aliphatic carbocycles. The molecule has 0 N–H and O–H groups in total. The zero-order valence-corrected chi connectivity index (χ0v) is 10.6. The number of hydrogen-bond donors (Lipinski definition) is 0. The van der Waals surface area contributed by atoms with E-state index in [1.807, 2.05) is 11.8 Å². The zero-order chi connectivity index (χ0) is 11.1. The first kappa shape index (κ1) is 12.9. The number of nitriles is 1. The fraction of sp³-hybridized carbons (Fsp3) is 0.917. The van der Waals surface area contributed by atoms with Crippen LogP contribution in [0, 0.1) is 23.2 Å². The van der Waals surface area contributed by atoms with Gasteiger partial charge in [0.25, 0.3) is 0 Å². The molecule has 0 saturated heterocycles. The van der Waals surface area contributed by atoms with Crippen molar-refractivity contribution in [2.45, 2.75) is 37.9 Å². The largest absolute Gasteiger partial charge is 0.385 e. The third-order valence-corrected chi connectivity index (χ3v) is 4.52. The molecule has 0 heterocycles. The molecule has 0 aromatic heterocycles. The van der Waals surface area contributed by atoms with Crippen LogP contribution >= 0.6 is 11.8 Å². The highest BCUT2D eigenvalue weighted by atomic mass is 32.2. The molecule has 0 aliphatic heterocycles. The lowest BCUT2D eigenvalue weighted by molar-refractivity contribution is 0.200. The molecular weight excluding hydrogens is 206 g/mol. The average Bonchev–Trinajstić information content (AvgIpc) is 2.25. The van der Waals surface area contributed by atoms with Crippen molar-refractivity contribution in [3.63, 3.8) is 0 Å². The van der Waals surface area contributed by atoms with Gasteiger partial charge < -0.3 is 4.74 Å². The summed E-state index contributed by atoms with van der Waals surface area (Å²) >= 11 is 1.97. The summed E-state index contributed by atoms with van der Waals surface area (Å²) < 4.78 is 5.03. The maximum atomic E-state index is 9.06. The first-order valence-electron chi connectivity index (χ1n) is 5.78. The van der Waals surface area contributed by atoms with Crippen LogP contribution in [0.25, 0.3) is 0 Å². The van der Waals surface area contributed by atoms with Crippen LogP contribution in [0.1, 0.15) is 32.6 Å². The van der Waals surface area contributed by atoms with Crippen molar-refractivity contribution < 1.29 is 4.74 Å². The smallest absolute Gasteiger partial charge is 0.0667 e. The van der Waals surface area contributed by atoms with Crippen molar-refractivity contribution in [1.29, 1.82) is 5.26 Å². The van der Waals surface area contributed by atoms with Gasteiger partial charge in [0.2, 0.25) is 0 Å². The molecule has 3 heteroatoms. The van der Waals surface area contributed by atoms with Crippen LogP contribution in [0.5, 0.6) is 0 Å². The molecular formula is C12H21NOS. The topological polar surface area (TPSA) is 33.0 Å². The van der Waals surface area contributed by atoms with E-state index in [0.717, 1.165) is 31.1 Å². The molecule has 1 fully saturated rings. The van der Waals surface area contributed by atoms with Crippen molar-refractivity contribution in [3.05, 3.63) is 0 Å². The molecule has 0 aromatic carbocycles. The maximum Gasteiger partial charge on any atom is 0.0667 e. The molecule has 0 amide bonds. The molecule has 3 unspecified atom stereocenters. The summed E-state index contributed by atoms with van der Waals surface area (Å²) in [5.41, 5.74) is 0. The molecule has 0 aromatic rings. The highest BCUT2D eigenvalue weighted by Crippen LogP contribution is 2.36. The highest BCUT2D eigenvalue weighted by molar-refractivity contribution is 7.99. The Balaban J connectivity index is 2.26. The second-order valence-corrected chi connectivity index (χ2v) is 5.76. The van der Waals surface area contributed by atoms with E-state index in [1.54, 1.807) is 7.11 Å². The fourth-order valence-corrected chi connectivity index (χ4v) is 3.58. The van der Waals surface area contributed by atoms with E-state index in [0.29, 0.717) is 5.25 Å². The summed E-state index contributed by atoms with van der Waals surface area (Å²) in [6.07, 6.45) is 4.65. The predicted molar refractivity (Wildman–Crippen MR) is 64.9 cm³/mol. The molecule has 2 nitrogen and oxygen atoms in total. The highest BCUT2D eigenvalue weighted by Gasteiger charge is 2.28. The van der Waals surface area contributed by atoms with Crippen molar-refractivity contribution in [3.8, 4) is 6.07 Å². The molecule has 3 atom stereocenters. The van der Waals surface area contributed by atoms with Gasteiger partial charge >= 0.3 is 0 Å². The number of rotatable bonds is 5. The molecule has 15 heavy (non-hydrogen) atoms. The first-order valence-corrected chi connectivity index (χ1v) is 6.83. The molecule has 0 bridgehead atoms. The lowest BCUT2D eigenvalue weighted by Gasteiger charge is -2.30. The Morgan fingerprint density at radius 2 is 2.27 bits per heavy atom.